The number of benzene rings is 3. The summed E-state index contributed by atoms with van der Waals surface area (Å²) >= 11 is 1.70. The van der Waals surface area contributed by atoms with Crippen LogP contribution in [-0.4, -0.2) is 46.9 Å². The van der Waals surface area contributed by atoms with Gasteiger partial charge in [-0.2, -0.15) is 0 Å². The molecule has 0 amide bonds. The van der Waals surface area contributed by atoms with Crippen molar-refractivity contribution in [2.24, 2.45) is 11.7 Å². The molecule has 2 unspecified atom stereocenters. The van der Waals surface area contributed by atoms with Crippen LogP contribution in [0.3, 0.4) is 0 Å². The van der Waals surface area contributed by atoms with Crippen LogP contribution in [0.2, 0.25) is 0 Å². The number of rotatable bonds is 19. The number of carbonyl (C=O) groups is 1. The number of aryl methyl sites for hydroxylation is 3. The highest BCUT2D eigenvalue weighted by Gasteiger charge is 2.14. The van der Waals surface area contributed by atoms with E-state index in [4.69, 9.17) is 5.73 Å². The molecule has 1 aliphatic rings. The largest absolute Gasteiger partial charge is 0.402 e. The summed E-state index contributed by atoms with van der Waals surface area (Å²) in [5.41, 5.74) is 21.0. The third-order valence-corrected chi connectivity index (χ3v) is 11.5. The number of ketones is 1. The van der Waals surface area contributed by atoms with Gasteiger partial charge in [0.1, 0.15) is 0 Å². The highest BCUT2D eigenvalue weighted by Crippen LogP contribution is 2.27. The second kappa shape index (κ2) is 33.5. The zero-order chi connectivity index (χ0) is 47.0. The van der Waals surface area contributed by atoms with Gasteiger partial charge in [-0.3, -0.25) is 4.79 Å². The molecule has 3 aromatic carbocycles. The molecule has 0 aliphatic carbocycles. The number of thiazole rings is 1. The summed E-state index contributed by atoms with van der Waals surface area (Å²) in [4.78, 5) is 19.9. The Hall–Kier alpha value is -5.02. The van der Waals surface area contributed by atoms with Gasteiger partial charge in [0.2, 0.25) is 0 Å². The van der Waals surface area contributed by atoms with Gasteiger partial charge in [0.15, 0.2) is 5.78 Å². The van der Waals surface area contributed by atoms with Gasteiger partial charge in [0.25, 0.3) is 0 Å². The molecular formula is C55H82N6OS. The maximum atomic E-state index is 11.9. The van der Waals surface area contributed by atoms with E-state index in [1.807, 2.05) is 34.8 Å². The summed E-state index contributed by atoms with van der Waals surface area (Å²) in [5, 5.41) is 5.42. The third-order valence-electron chi connectivity index (χ3n) is 10.6. The first kappa shape index (κ1) is 56.0. The van der Waals surface area contributed by atoms with Gasteiger partial charge in [-0.1, -0.05) is 135 Å². The second-order valence-corrected chi connectivity index (χ2v) is 17.3. The predicted molar refractivity (Wildman–Crippen MR) is 276 cm³/mol. The Labute approximate surface area is 388 Å². The van der Waals surface area contributed by atoms with E-state index in [0.29, 0.717) is 18.2 Å². The van der Waals surface area contributed by atoms with Crippen molar-refractivity contribution in [3.05, 3.63) is 174 Å². The predicted octanol–water partition coefficient (Wildman–Crippen LogP) is 13.4. The summed E-state index contributed by atoms with van der Waals surface area (Å²) in [6, 6.07) is 28.3. The number of allylic oxidation sites excluding steroid dienone is 5. The summed E-state index contributed by atoms with van der Waals surface area (Å²) in [6.45, 7) is 34.4. The molecule has 63 heavy (non-hydrogen) atoms. The van der Waals surface area contributed by atoms with Gasteiger partial charge >= 0.3 is 0 Å². The minimum Gasteiger partial charge on any atom is -0.402 e. The molecule has 344 valence electrons. The van der Waals surface area contributed by atoms with E-state index < -0.39 is 0 Å². The number of hydrazine groups is 1. The normalized spacial score (nSPS) is 13.9. The summed E-state index contributed by atoms with van der Waals surface area (Å²) in [5.74, 6) is 0.568. The van der Waals surface area contributed by atoms with Crippen molar-refractivity contribution in [3.63, 3.8) is 0 Å². The zero-order valence-electron chi connectivity index (χ0n) is 40.5. The van der Waals surface area contributed by atoms with E-state index in [2.05, 4.69) is 169 Å². The van der Waals surface area contributed by atoms with Crippen LogP contribution < -0.4 is 16.5 Å². The highest BCUT2D eigenvalue weighted by atomic mass is 32.1. The average molecular weight is 875 g/mol. The topological polar surface area (TPSA) is 86.5 Å². The molecule has 8 heteroatoms. The lowest BCUT2D eigenvalue weighted by Crippen LogP contribution is -2.37. The van der Waals surface area contributed by atoms with Gasteiger partial charge in [0.05, 0.1) is 22.5 Å². The summed E-state index contributed by atoms with van der Waals surface area (Å²) in [7, 11) is 2.19. The van der Waals surface area contributed by atoms with Crippen molar-refractivity contribution in [2.45, 2.75) is 126 Å². The molecule has 1 fully saturated rings. The number of nitrogens with two attached hydrogens (primary N) is 1. The molecule has 2 atom stereocenters. The number of unbranched alkanes of at least 4 members (excludes halogenated alkanes) is 2. The number of likely N-dealkylation sites (tertiary alicyclic amines) is 1. The third kappa shape index (κ3) is 25.6. The molecule has 2 heterocycles. The fourth-order valence-corrected chi connectivity index (χ4v) is 7.13. The number of carbonyl (C=O) groups excluding carboxylic acids is 1. The van der Waals surface area contributed by atoms with Crippen molar-refractivity contribution in [1.29, 1.82) is 0 Å². The van der Waals surface area contributed by atoms with Gasteiger partial charge in [-0.05, 0) is 122 Å². The highest BCUT2D eigenvalue weighted by molar-refractivity contribution is 7.13. The minimum atomic E-state index is -0.0161. The number of hydrogen-bond acceptors (Lipinski definition) is 8. The smallest absolute Gasteiger partial charge is 0.163 e. The van der Waals surface area contributed by atoms with Crippen LogP contribution in [0, 0.1) is 26.7 Å². The van der Waals surface area contributed by atoms with Crippen LogP contribution in [-0.2, 0) is 17.9 Å². The SMILES string of the molecule is C=C.C=C(CC(=O)/C=C(/C)N)N(CCCCC)NCc1ccc(C)cc1.C=CC(C)CC/C(C)=C/NCc1ccc(-c2scnc2C)cc1.CC1CCCN1C.Cc1ccccc1. The van der Waals surface area contributed by atoms with E-state index in [1.165, 1.54) is 63.7 Å². The van der Waals surface area contributed by atoms with E-state index in [0.717, 1.165) is 62.6 Å². The van der Waals surface area contributed by atoms with Gasteiger partial charge in [0, 0.05) is 37.1 Å². The van der Waals surface area contributed by atoms with Crippen LogP contribution >= 0.6 is 11.3 Å². The Bertz CT molecular complexity index is 1890. The fraction of sp³-hybridized carbons (Fsp3) is 0.418. The van der Waals surface area contributed by atoms with Crippen LogP contribution in [0.25, 0.3) is 10.4 Å². The van der Waals surface area contributed by atoms with Gasteiger partial charge in [-0.25, -0.2) is 10.4 Å². The number of hydrogen-bond donors (Lipinski definition) is 3. The van der Waals surface area contributed by atoms with Crippen LogP contribution in [0.1, 0.15) is 114 Å². The number of aromatic nitrogens is 1. The molecule has 1 saturated heterocycles. The monoisotopic (exact) mass is 875 g/mol. The minimum absolute atomic E-state index is 0.0161. The zero-order valence-corrected chi connectivity index (χ0v) is 41.3. The van der Waals surface area contributed by atoms with E-state index in [9.17, 15) is 4.79 Å². The molecule has 0 radical (unpaired) electrons. The Balaban J connectivity index is 0.000000467. The lowest BCUT2D eigenvalue weighted by Gasteiger charge is -2.27. The Morgan fingerprint density at radius 2 is 1.59 bits per heavy atom. The molecule has 0 bridgehead atoms. The number of nitrogens with zero attached hydrogens (tertiary/aromatic N) is 3. The Morgan fingerprint density at radius 1 is 0.968 bits per heavy atom. The first-order valence-electron chi connectivity index (χ1n) is 22.7. The standard InChI is InChI=1S/C20H31N3O.C20H26N2S.C7H8.C6H13N.C2H4/c1-5-6-7-12-23(18(4)14-20(24)13-17(3)21)22-15-19-10-8-16(2)9-11-19;1-5-15(2)6-7-16(3)12-21-13-18-8-10-19(11-9-18)20-17(4)22-14-23-20;1-7-5-3-2-4-6-7;1-6-4-3-5-7(6)2;1-2/h8-11,13,22H,4-7,12,14-15,21H2,1-3H3;5,8-12,14-15,21H,1,6-7,13H2,2-4H3;2-6H,1H3;6H,3-5H2,1-2H3;1-2H2/b17-13-;16-12+;;;. The van der Waals surface area contributed by atoms with Crippen LogP contribution in [0.15, 0.2) is 146 Å². The average Bonchev–Trinajstić information content (AvgIpc) is 3.88. The Morgan fingerprint density at radius 3 is 2.08 bits per heavy atom. The molecular weight excluding hydrogens is 793 g/mol. The van der Waals surface area contributed by atoms with Crippen LogP contribution in [0.4, 0.5) is 0 Å². The molecule has 1 aliphatic heterocycles. The second-order valence-electron chi connectivity index (χ2n) is 16.5. The number of nitrogens with one attached hydrogen (secondary N) is 2. The quantitative estimate of drug-likeness (QED) is 0.0374. The van der Waals surface area contributed by atoms with Crippen LogP contribution in [0.5, 0.6) is 0 Å². The molecule has 4 N–H and O–H groups in total. The van der Waals surface area contributed by atoms with E-state index in [-0.39, 0.29) is 12.2 Å². The lowest BCUT2D eigenvalue weighted by molar-refractivity contribution is -0.114. The summed E-state index contributed by atoms with van der Waals surface area (Å²) < 4.78 is 0. The van der Waals surface area contributed by atoms with Crippen molar-refractivity contribution in [2.75, 3.05) is 20.1 Å². The molecule has 4 aromatic rings. The lowest BCUT2D eigenvalue weighted by atomic mass is 10.0. The summed E-state index contributed by atoms with van der Waals surface area (Å²) in [6.07, 6.45) is 14.4. The molecule has 5 rings (SSSR count). The van der Waals surface area contributed by atoms with Crippen molar-refractivity contribution in [3.8, 4) is 10.4 Å². The first-order chi connectivity index (χ1) is 30.2. The van der Waals surface area contributed by atoms with E-state index in [1.54, 1.807) is 18.3 Å². The van der Waals surface area contributed by atoms with Gasteiger partial charge in [-0.15, -0.1) is 31.1 Å². The Kier molecular flexibility index (Phi) is 29.8. The van der Waals surface area contributed by atoms with E-state index >= 15 is 0 Å². The maximum absolute atomic E-state index is 11.9. The van der Waals surface area contributed by atoms with Gasteiger partial charge < -0.3 is 21.0 Å². The van der Waals surface area contributed by atoms with Crippen molar-refractivity contribution in [1.82, 2.24) is 25.6 Å². The molecule has 7 nitrogen and oxygen atoms in total. The molecule has 1 aromatic heterocycles. The molecule has 0 saturated carbocycles. The van der Waals surface area contributed by atoms with Crippen molar-refractivity contribution < 1.29 is 4.79 Å². The first-order valence-corrected chi connectivity index (χ1v) is 23.5. The maximum Gasteiger partial charge on any atom is 0.163 e. The van der Waals surface area contributed by atoms with Crippen molar-refractivity contribution >= 4 is 17.1 Å². The fourth-order valence-electron chi connectivity index (χ4n) is 6.32. The molecule has 0 spiro atoms.